The van der Waals surface area contributed by atoms with Crippen molar-refractivity contribution in [2.75, 3.05) is 4.90 Å². The molecule has 6 nitrogen and oxygen atoms in total. The highest BCUT2D eigenvalue weighted by molar-refractivity contribution is 6.05. The zero-order valence-corrected chi connectivity index (χ0v) is 15.6. The van der Waals surface area contributed by atoms with Gasteiger partial charge in [-0.2, -0.15) is 0 Å². The predicted molar refractivity (Wildman–Crippen MR) is 101 cm³/mol. The first-order chi connectivity index (χ1) is 13.0. The number of hydrogen-bond acceptors (Lipinski definition) is 5. The lowest BCUT2D eigenvalue weighted by molar-refractivity contribution is 0.0948. The molecule has 0 unspecified atom stereocenters. The van der Waals surface area contributed by atoms with E-state index in [1.54, 1.807) is 35.6 Å². The molecule has 3 aromatic heterocycles. The predicted octanol–water partition coefficient (Wildman–Crippen LogP) is 4.95. The van der Waals surface area contributed by atoms with Crippen LogP contribution in [-0.2, 0) is 0 Å². The minimum Gasteiger partial charge on any atom is -0.461 e. The fourth-order valence-corrected chi connectivity index (χ4v) is 3.63. The molecular formula is C21H23N3O3. The van der Waals surface area contributed by atoms with Gasteiger partial charge < -0.3 is 8.94 Å². The number of furan rings is 1. The number of anilines is 1. The second-order valence-corrected chi connectivity index (χ2v) is 7.81. The second-order valence-electron chi connectivity index (χ2n) is 7.81. The lowest BCUT2D eigenvalue weighted by Gasteiger charge is -2.39. The highest BCUT2D eigenvalue weighted by Crippen LogP contribution is 2.38. The van der Waals surface area contributed by atoms with Crippen molar-refractivity contribution in [2.24, 2.45) is 5.41 Å². The van der Waals surface area contributed by atoms with Gasteiger partial charge in [-0.05, 0) is 55.4 Å². The summed E-state index contributed by atoms with van der Waals surface area (Å²) in [7, 11) is 0. The number of hydrogen-bond donors (Lipinski definition) is 0. The van der Waals surface area contributed by atoms with E-state index in [9.17, 15) is 4.79 Å². The molecule has 0 N–H and O–H groups in total. The summed E-state index contributed by atoms with van der Waals surface area (Å²) in [6.45, 7) is 4.56. The van der Waals surface area contributed by atoms with E-state index in [2.05, 4.69) is 24.0 Å². The Morgan fingerprint density at radius 2 is 1.96 bits per heavy atom. The molecule has 27 heavy (non-hydrogen) atoms. The third-order valence-electron chi connectivity index (χ3n) is 5.28. The van der Waals surface area contributed by atoms with E-state index in [4.69, 9.17) is 8.94 Å². The van der Waals surface area contributed by atoms with Crippen LogP contribution in [0.3, 0.4) is 0 Å². The molecule has 1 amide bonds. The van der Waals surface area contributed by atoms with E-state index in [1.165, 1.54) is 0 Å². The van der Waals surface area contributed by atoms with Gasteiger partial charge in [0.05, 0.1) is 6.26 Å². The molecule has 0 spiro atoms. The normalized spacial score (nSPS) is 17.0. The van der Waals surface area contributed by atoms with Gasteiger partial charge in [-0.3, -0.25) is 9.69 Å². The maximum Gasteiger partial charge on any atom is 0.281 e. The molecule has 1 aliphatic carbocycles. The fourth-order valence-electron chi connectivity index (χ4n) is 3.63. The molecule has 0 radical (unpaired) electrons. The zero-order valence-electron chi connectivity index (χ0n) is 15.6. The van der Waals surface area contributed by atoms with Crippen molar-refractivity contribution in [3.05, 3.63) is 54.6 Å². The van der Waals surface area contributed by atoms with Crippen molar-refractivity contribution in [3.8, 4) is 11.5 Å². The third-order valence-corrected chi connectivity index (χ3v) is 5.28. The number of rotatable bonds is 4. The summed E-state index contributed by atoms with van der Waals surface area (Å²) in [6.07, 6.45) is 7.30. The van der Waals surface area contributed by atoms with Crippen molar-refractivity contribution in [2.45, 2.75) is 45.6 Å². The number of pyridine rings is 1. The summed E-state index contributed by atoms with van der Waals surface area (Å²) in [5, 5.41) is 3.99. The van der Waals surface area contributed by atoms with Crippen molar-refractivity contribution < 1.29 is 13.7 Å². The van der Waals surface area contributed by atoms with E-state index in [0.29, 0.717) is 22.8 Å². The van der Waals surface area contributed by atoms with E-state index >= 15 is 0 Å². The largest absolute Gasteiger partial charge is 0.461 e. The second kappa shape index (κ2) is 7.02. The van der Waals surface area contributed by atoms with Crippen LogP contribution in [0.4, 0.5) is 5.82 Å². The molecule has 3 aromatic rings. The van der Waals surface area contributed by atoms with Crippen LogP contribution in [0, 0.1) is 5.41 Å². The molecule has 1 saturated carbocycles. The number of carbonyl (C=O) groups excluding carboxylic acids is 1. The summed E-state index contributed by atoms with van der Waals surface area (Å²) >= 11 is 0. The molecule has 0 atom stereocenters. The summed E-state index contributed by atoms with van der Waals surface area (Å²) in [6, 6.07) is 10.9. The molecule has 0 bridgehead atoms. The van der Waals surface area contributed by atoms with Crippen LogP contribution in [-0.4, -0.2) is 22.1 Å². The van der Waals surface area contributed by atoms with Crippen LogP contribution in [0.1, 0.15) is 50.0 Å². The summed E-state index contributed by atoms with van der Waals surface area (Å²) in [5.41, 5.74) is 0.576. The summed E-state index contributed by atoms with van der Waals surface area (Å²) in [5.74, 6) is 1.44. The smallest absolute Gasteiger partial charge is 0.281 e. The quantitative estimate of drug-likeness (QED) is 0.654. The number of nitrogens with zero attached hydrogens (tertiary/aromatic N) is 3. The molecule has 6 heteroatoms. The Hall–Kier alpha value is -2.89. The van der Waals surface area contributed by atoms with Gasteiger partial charge >= 0.3 is 0 Å². The molecule has 1 aliphatic rings. The first-order valence-corrected chi connectivity index (χ1v) is 9.29. The minimum atomic E-state index is -0.194. The Balaban J connectivity index is 1.63. The van der Waals surface area contributed by atoms with Gasteiger partial charge in [0.2, 0.25) is 5.76 Å². The zero-order chi connectivity index (χ0) is 18.9. The van der Waals surface area contributed by atoms with Crippen LogP contribution < -0.4 is 4.90 Å². The van der Waals surface area contributed by atoms with Gasteiger partial charge in [-0.25, -0.2) is 4.98 Å². The van der Waals surface area contributed by atoms with Gasteiger partial charge in [0.25, 0.3) is 5.91 Å². The van der Waals surface area contributed by atoms with E-state index in [-0.39, 0.29) is 17.6 Å². The van der Waals surface area contributed by atoms with E-state index in [1.807, 2.05) is 18.2 Å². The van der Waals surface area contributed by atoms with Crippen LogP contribution >= 0.6 is 0 Å². The fraction of sp³-hybridized carbons (Fsp3) is 0.381. The van der Waals surface area contributed by atoms with Gasteiger partial charge in [-0.15, -0.1) is 0 Å². The van der Waals surface area contributed by atoms with Crippen LogP contribution in [0.5, 0.6) is 0 Å². The molecule has 1 fully saturated rings. The number of aromatic nitrogens is 2. The molecule has 0 saturated heterocycles. The molecule has 3 heterocycles. The molecule has 140 valence electrons. The van der Waals surface area contributed by atoms with Crippen LogP contribution in [0.15, 0.2) is 57.8 Å². The van der Waals surface area contributed by atoms with Crippen molar-refractivity contribution >= 4 is 11.7 Å². The summed E-state index contributed by atoms with van der Waals surface area (Å²) < 4.78 is 10.7. The Morgan fingerprint density at radius 3 is 2.63 bits per heavy atom. The average Bonchev–Trinajstić information content (AvgIpc) is 3.35. The van der Waals surface area contributed by atoms with Gasteiger partial charge in [0.1, 0.15) is 5.82 Å². The number of amides is 1. The highest BCUT2D eigenvalue weighted by Gasteiger charge is 2.35. The SMILES string of the molecule is CC1(C)CCC(N(C(=O)c2cc(-c3ccco3)on2)c2ccccn2)CC1. The maximum absolute atomic E-state index is 13.3. The van der Waals surface area contributed by atoms with Crippen LogP contribution in [0.2, 0.25) is 0 Å². The number of carbonyl (C=O) groups is 1. The average molecular weight is 365 g/mol. The highest BCUT2D eigenvalue weighted by atomic mass is 16.5. The van der Waals surface area contributed by atoms with Crippen molar-refractivity contribution in [1.29, 1.82) is 0 Å². The summed E-state index contributed by atoms with van der Waals surface area (Å²) in [4.78, 5) is 19.5. The van der Waals surface area contributed by atoms with Gasteiger partial charge in [0.15, 0.2) is 11.5 Å². The van der Waals surface area contributed by atoms with Gasteiger partial charge in [-0.1, -0.05) is 25.1 Å². The standard InChI is InChI=1S/C21H23N3O3/c1-21(2)10-8-15(9-11-21)24(19-7-3-4-12-22-19)20(25)16-14-18(27-23-16)17-6-5-13-26-17/h3-7,12-15H,8-11H2,1-2H3. The Morgan fingerprint density at radius 1 is 1.15 bits per heavy atom. The first-order valence-electron chi connectivity index (χ1n) is 9.29. The lowest BCUT2D eigenvalue weighted by Crippen LogP contribution is -2.44. The lowest BCUT2D eigenvalue weighted by atomic mass is 9.75. The monoisotopic (exact) mass is 365 g/mol. The van der Waals surface area contributed by atoms with Crippen LogP contribution in [0.25, 0.3) is 11.5 Å². The maximum atomic E-state index is 13.3. The molecule has 4 rings (SSSR count). The van der Waals surface area contributed by atoms with E-state index < -0.39 is 0 Å². The third kappa shape index (κ3) is 3.65. The topological polar surface area (TPSA) is 72.4 Å². The Bertz CT molecular complexity index is 890. The molecule has 0 aliphatic heterocycles. The molecular weight excluding hydrogens is 342 g/mol. The Labute approximate surface area is 158 Å². The van der Waals surface area contributed by atoms with Crippen molar-refractivity contribution in [1.82, 2.24) is 10.1 Å². The molecule has 0 aromatic carbocycles. The first kappa shape index (κ1) is 17.5. The van der Waals surface area contributed by atoms with Gasteiger partial charge in [0, 0.05) is 18.3 Å². The van der Waals surface area contributed by atoms with E-state index in [0.717, 1.165) is 25.7 Å². The van der Waals surface area contributed by atoms with Crippen molar-refractivity contribution in [3.63, 3.8) is 0 Å². The minimum absolute atomic E-state index is 0.101. The Kier molecular flexibility index (Phi) is 4.56.